The fourth-order valence-electron chi connectivity index (χ4n) is 1.93. The number of hydrogen-bond acceptors (Lipinski definition) is 3. The molecule has 4 nitrogen and oxygen atoms in total. The summed E-state index contributed by atoms with van der Waals surface area (Å²) in [5.74, 6) is -0.112. The quantitative estimate of drug-likeness (QED) is 0.804. The number of benzene rings is 1. The highest BCUT2D eigenvalue weighted by molar-refractivity contribution is 5.94. The average molecular weight is 294 g/mol. The molecule has 3 N–H and O–H groups in total. The predicted octanol–water partition coefficient (Wildman–Crippen LogP) is 2.52. The maximum absolute atomic E-state index is 11.9. The zero-order valence-corrected chi connectivity index (χ0v) is 12.2. The van der Waals surface area contributed by atoms with Crippen LogP contribution in [0.4, 0.5) is 0 Å². The van der Waals surface area contributed by atoms with Crippen LogP contribution in [0.2, 0.25) is 0 Å². The van der Waals surface area contributed by atoms with Crippen molar-refractivity contribution in [3.8, 4) is 0 Å². The van der Waals surface area contributed by atoms with Gasteiger partial charge in [-0.15, -0.1) is 12.4 Å². The van der Waals surface area contributed by atoms with E-state index in [1.54, 1.807) is 6.07 Å². The van der Waals surface area contributed by atoms with Gasteiger partial charge < -0.3 is 11.1 Å². The lowest BCUT2D eigenvalue weighted by atomic mass is 10.2. The molecule has 0 fully saturated rings. The number of aromatic nitrogens is 1. The molecule has 0 aliphatic carbocycles. The van der Waals surface area contributed by atoms with Gasteiger partial charge in [-0.25, -0.2) is 4.98 Å². The lowest BCUT2D eigenvalue weighted by molar-refractivity contribution is 0.0948. The molecule has 0 saturated carbocycles. The van der Waals surface area contributed by atoms with Crippen LogP contribution in [0.15, 0.2) is 36.4 Å². The monoisotopic (exact) mass is 293 g/mol. The molecule has 0 spiro atoms. The lowest BCUT2D eigenvalue weighted by Gasteiger charge is -2.05. The number of nitrogens with one attached hydrogen (secondary N) is 1. The molecule has 0 aliphatic rings. The Labute approximate surface area is 125 Å². The standard InChI is InChI=1S/C15H19N3O.ClH/c16-10-4-1-5-11-17-15(19)14-9-8-12-6-2-3-7-13(12)18-14;/h2-3,6-9H,1,4-5,10-11,16H2,(H,17,19);1H. The van der Waals surface area contributed by atoms with Crippen molar-refractivity contribution in [2.45, 2.75) is 19.3 Å². The number of carbonyl (C=O) groups is 1. The Bertz CT molecular complexity index is 560. The molecule has 2 aromatic rings. The minimum absolute atomic E-state index is 0. The second kappa shape index (κ2) is 8.51. The van der Waals surface area contributed by atoms with E-state index in [4.69, 9.17) is 5.73 Å². The summed E-state index contributed by atoms with van der Waals surface area (Å²) >= 11 is 0. The van der Waals surface area contributed by atoms with Crippen molar-refractivity contribution in [1.82, 2.24) is 10.3 Å². The van der Waals surface area contributed by atoms with Gasteiger partial charge in [-0.2, -0.15) is 0 Å². The van der Waals surface area contributed by atoms with Gasteiger partial charge in [-0.3, -0.25) is 4.79 Å². The summed E-state index contributed by atoms with van der Waals surface area (Å²) in [7, 11) is 0. The average Bonchev–Trinajstić information content (AvgIpc) is 2.46. The van der Waals surface area contributed by atoms with Crippen molar-refractivity contribution in [1.29, 1.82) is 0 Å². The number of pyridine rings is 1. The first kappa shape index (κ1) is 16.4. The van der Waals surface area contributed by atoms with Crippen LogP contribution in [-0.2, 0) is 0 Å². The first-order valence-electron chi connectivity index (χ1n) is 6.65. The molecule has 0 atom stereocenters. The molecule has 5 heteroatoms. The molecule has 1 aromatic heterocycles. The van der Waals surface area contributed by atoms with Gasteiger partial charge in [0.15, 0.2) is 0 Å². The van der Waals surface area contributed by atoms with Gasteiger partial charge in [0.2, 0.25) is 0 Å². The number of unbranched alkanes of at least 4 members (excludes halogenated alkanes) is 2. The van der Waals surface area contributed by atoms with Crippen LogP contribution in [0, 0.1) is 0 Å². The molecule has 2 rings (SSSR count). The Kier molecular flexibility index (Phi) is 6.98. The number of amides is 1. The van der Waals surface area contributed by atoms with Crippen LogP contribution in [0.5, 0.6) is 0 Å². The molecule has 0 bridgehead atoms. The first-order valence-corrected chi connectivity index (χ1v) is 6.65. The van der Waals surface area contributed by atoms with Crippen molar-refractivity contribution in [2.24, 2.45) is 5.73 Å². The van der Waals surface area contributed by atoms with Crippen LogP contribution < -0.4 is 11.1 Å². The zero-order valence-electron chi connectivity index (χ0n) is 11.3. The van der Waals surface area contributed by atoms with E-state index in [1.807, 2.05) is 30.3 Å². The fraction of sp³-hybridized carbons (Fsp3) is 0.333. The molecule has 108 valence electrons. The Hall–Kier alpha value is -1.65. The second-order valence-electron chi connectivity index (χ2n) is 4.49. The van der Waals surface area contributed by atoms with Crippen molar-refractivity contribution < 1.29 is 4.79 Å². The smallest absolute Gasteiger partial charge is 0.269 e. The highest BCUT2D eigenvalue weighted by Crippen LogP contribution is 2.11. The highest BCUT2D eigenvalue weighted by Gasteiger charge is 2.06. The number of halogens is 1. The van der Waals surface area contributed by atoms with Gasteiger partial charge in [0.05, 0.1) is 5.52 Å². The first-order chi connectivity index (χ1) is 9.31. The summed E-state index contributed by atoms with van der Waals surface area (Å²) in [5.41, 5.74) is 6.73. The van der Waals surface area contributed by atoms with Crippen molar-refractivity contribution >= 4 is 29.2 Å². The molecule has 0 radical (unpaired) electrons. The second-order valence-corrected chi connectivity index (χ2v) is 4.49. The van der Waals surface area contributed by atoms with E-state index in [-0.39, 0.29) is 18.3 Å². The van der Waals surface area contributed by atoms with E-state index in [1.165, 1.54) is 0 Å². The Balaban J connectivity index is 0.00000200. The van der Waals surface area contributed by atoms with Gasteiger partial charge in [0, 0.05) is 11.9 Å². The van der Waals surface area contributed by atoms with Crippen LogP contribution in [0.25, 0.3) is 10.9 Å². The maximum Gasteiger partial charge on any atom is 0.269 e. The molecule has 0 unspecified atom stereocenters. The van der Waals surface area contributed by atoms with E-state index in [0.29, 0.717) is 18.8 Å². The van der Waals surface area contributed by atoms with Gasteiger partial charge in [0.1, 0.15) is 5.69 Å². The van der Waals surface area contributed by atoms with E-state index < -0.39 is 0 Å². The topological polar surface area (TPSA) is 68.0 Å². The summed E-state index contributed by atoms with van der Waals surface area (Å²) in [5, 5.41) is 3.92. The largest absolute Gasteiger partial charge is 0.351 e. The Morgan fingerprint density at radius 3 is 2.70 bits per heavy atom. The summed E-state index contributed by atoms with van der Waals surface area (Å²) < 4.78 is 0. The third-order valence-electron chi connectivity index (χ3n) is 3.00. The van der Waals surface area contributed by atoms with Crippen molar-refractivity contribution in [3.05, 3.63) is 42.1 Å². The third-order valence-corrected chi connectivity index (χ3v) is 3.00. The predicted molar refractivity (Wildman–Crippen MR) is 84.2 cm³/mol. The number of fused-ring (bicyclic) bond motifs is 1. The minimum Gasteiger partial charge on any atom is -0.351 e. The van der Waals surface area contributed by atoms with Crippen molar-refractivity contribution in [2.75, 3.05) is 13.1 Å². The van der Waals surface area contributed by atoms with Gasteiger partial charge in [0.25, 0.3) is 5.91 Å². The molecular weight excluding hydrogens is 274 g/mol. The third kappa shape index (κ3) is 4.47. The zero-order chi connectivity index (χ0) is 13.5. The van der Waals surface area contributed by atoms with E-state index in [9.17, 15) is 4.79 Å². The van der Waals surface area contributed by atoms with E-state index >= 15 is 0 Å². The molecular formula is C15H20ClN3O. The SMILES string of the molecule is Cl.NCCCCCNC(=O)c1ccc2ccccc2n1. The van der Waals surface area contributed by atoms with Crippen LogP contribution in [0.3, 0.4) is 0 Å². The summed E-state index contributed by atoms with van der Waals surface area (Å²) in [4.78, 5) is 16.3. The molecule has 1 aromatic carbocycles. The van der Waals surface area contributed by atoms with E-state index in [0.717, 1.165) is 30.2 Å². The van der Waals surface area contributed by atoms with Gasteiger partial charge >= 0.3 is 0 Å². The summed E-state index contributed by atoms with van der Waals surface area (Å²) in [6.07, 6.45) is 3.00. The highest BCUT2D eigenvalue weighted by atomic mass is 35.5. The minimum atomic E-state index is -0.112. The number of nitrogens with two attached hydrogens (primary N) is 1. The number of para-hydroxylation sites is 1. The number of hydrogen-bond donors (Lipinski definition) is 2. The van der Waals surface area contributed by atoms with Crippen LogP contribution in [0.1, 0.15) is 29.8 Å². The molecule has 0 saturated heterocycles. The lowest BCUT2D eigenvalue weighted by Crippen LogP contribution is -2.25. The maximum atomic E-state index is 11.9. The number of carbonyl (C=O) groups excluding carboxylic acids is 1. The Morgan fingerprint density at radius 1 is 1.10 bits per heavy atom. The summed E-state index contributed by atoms with van der Waals surface area (Å²) in [6, 6.07) is 11.5. The molecule has 1 heterocycles. The summed E-state index contributed by atoms with van der Waals surface area (Å²) in [6.45, 7) is 1.38. The molecule has 1 amide bonds. The molecule has 0 aliphatic heterocycles. The van der Waals surface area contributed by atoms with Crippen molar-refractivity contribution in [3.63, 3.8) is 0 Å². The number of nitrogens with zero attached hydrogens (tertiary/aromatic N) is 1. The van der Waals surface area contributed by atoms with Gasteiger partial charge in [-0.1, -0.05) is 30.7 Å². The molecule has 20 heavy (non-hydrogen) atoms. The van der Waals surface area contributed by atoms with Crippen LogP contribution >= 0.6 is 12.4 Å². The fourth-order valence-corrected chi connectivity index (χ4v) is 1.93. The normalized spacial score (nSPS) is 10.1. The Morgan fingerprint density at radius 2 is 1.90 bits per heavy atom. The van der Waals surface area contributed by atoms with Crippen LogP contribution in [-0.4, -0.2) is 24.0 Å². The number of rotatable bonds is 6. The van der Waals surface area contributed by atoms with Gasteiger partial charge in [-0.05, 0) is 31.5 Å². The van der Waals surface area contributed by atoms with E-state index in [2.05, 4.69) is 10.3 Å².